The van der Waals surface area contributed by atoms with E-state index in [1.165, 1.54) is 6.42 Å². The molecule has 1 aromatic rings. The first-order chi connectivity index (χ1) is 8.22. The number of carbonyl (C=O) groups is 1. The number of nitrogens with zero attached hydrogens (tertiary/aromatic N) is 1. The second-order valence-corrected chi connectivity index (χ2v) is 7.35. The van der Waals surface area contributed by atoms with Crippen molar-refractivity contribution in [3.8, 4) is 0 Å². The summed E-state index contributed by atoms with van der Waals surface area (Å²) >= 11 is 8.46. The summed E-state index contributed by atoms with van der Waals surface area (Å²) in [7, 11) is 0. The fraction of sp³-hybridized carbons (Fsp3) is 0.583. The van der Waals surface area contributed by atoms with Crippen LogP contribution in [0.25, 0.3) is 0 Å². The quantitative estimate of drug-likeness (QED) is 0.716. The summed E-state index contributed by atoms with van der Waals surface area (Å²) in [5, 5.41) is 2.90. The lowest BCUT2D eigenvalue weighted by molar-refractivity contribution is 0.0610. The molecule has 1 amide bonds. The van der Waals surface area contributed by atoms with Crippen LogP contribution in [0.5, 0.6) is 0 Å². The van der Waals surface area contributed by atoms with Gasteiger partial charge in [-0.05, 0) is 47.7 Å². The van der Waals surface area contributed by atoms with Crippen molar-refractivity contribution in [2.24, 2.45) is 0 Å². The van der Waals surface area contributed by atoms with Crippen LogP contribution >= 0.6 is 43.2 Å². The molecule has 17 heavy (non-hydrogen) atoms. The number of likely N-dealkylation sites (tertiary alicyclic amines) is 1. The average molecular weight is 381 g/mol. The lowest BCUT2D eigenvalue weighted by Gasteiger charge is -2.35. The zero-order chi connectivity index (χ0) is 12.3. The minimum absolute atomic E-state index is 0.192. The van der Waals surface area contributed by atoms with Gasteiger partial charge in [0.2, 0.25) is 0 Å². The van der Waals surface area contributed by atoms with Crippen molar-refractivity contribution in [2.75, 3.05) is 11.9 Å². The maximum atomic E-state index is 12.4. The van der Waals surface area contributed by atoms with Crippen molar-refractivity contribution < 1.29 is 4.79 Å². The maximum Gasteiger partial charge on any atom is 0.254 e. The van der Waals surface area contributed by atoms with Gasteiger partial charge in [-0.25, -0.2) is 0 Å². The Morgan fingerprint density at radius 2 is 2.35 bits per heavy atom. The Kier molecular flexibility index (Phi) is 5.06. The molecule has 1 aliphatic heterocycles. The summed E-state index contributed by atoms with van der Waals surface area (Å²) in [4.78, 5) is 14.4. The van der Waals surface area contributed by atoms with Gasteiger partial charge in [-0.2, -0.15) is 0 Å². The first kappa shape index (κ1) is 13.6. The molecule has 1 fully saturated rings. The van der Waals surface area contributed by atoms with Gasteiger partial charge in [0.1, 0.15) is 0 Å². The van der Waals surface area contributed by atoms with E-state index in [-0.39, 0.29) is 5.91 Å². The number of hydrogen-bond acceptors (Lipinski definition) is 2. The Balaban J connectivity index is 2.10. The molecular formula is C12H15Br2NOS. The normalized spacial score (nSPS) is 20.6. The molecule has 0 spiro atoms. The Labute approximate surface area is 123 Å². The molecule has 1 aromatic heterocycles. The predicted molar refractivity (Wildman–Crippen MR) is 79.1 cm³/mol. The Morgan fingerprint density at radius 1 is 1.53 bits per heavy atom. The minimum Gasteiger partial charge on any atom is -0.336 e. The minimum atomic E-state index is 0.192. The van der Waals surface area contributed by atoms with Crippen molar-refractivity contribution in [3.05, 3.63) is 20.8 Å². The monoisotopic (exact) mass is 379 g/mol. The molecule has 1 saturated heterocycles. The highest BCUT2D eigenvalue weighted by Gasteiger charge is 2.27. The third kappa shape index (κ3) is 3.32. The van der Waals surface area contributed by atoms with E-state index >= 15 is 0 Å². The van der Waals surface area contributed by atoms with Crippen LogP contribution in [-0.2, 0) is 0 Å². The molecule has 2 nitrogen and oxygen atoms in total. The van der Waals surface area contributed by atoms with Gasteiger partial charge >= 0.3 is 0 Å². The van der Waals surface area contributed by atoms with Crippen LogP contribution < -0.4 is 0 Å². The second kappa shape index (κ2) is 6.34. The smallest absolute Gasteiger partial charge is 0.254 e. The van der Waals surface area contributed by atoms with Gasteiger partial charge in [-0.15, -0.1) is 11.3 Å². The lowest BCUT2D eigenvalue weighted by atomic mass is 9.99. The molecule has 2 heterocycles. The maximum absolute atomic E-state index is 12.4. The Morgan fingerprint density at radius 3 is 3.00 bits per heavy atom. The van der Waals surface area contributed by atoms with Gasteiger partial charge in [0.15, 0.2) is 0 Å². The highest BCUT2D eigenvalue weighted by molar-refractivity contribution is 9.11. The SMILES string of the molecule is O=C(c1csc(Br)c1)N1CCCCC1CCBr. The summed E-state index contributed by atoms with van der Waals surface area (Å²) in [6.45, 7) is 0.907. The zero-order valence-corrected chi connectivity index (χ0v) is 13.5. The van der Waals surface area contributed by atoms with Crippen LogP contribution in [0.4, 0.5) is 0 Å². The number of halogens is 2. The molecule has 1 aliphatic rings. The van der Waals surface area contributed by atoms with Gasteiger partial charge in [-0.3, -0.25) is 4.79 Å². The second-order valence-electron chi connectivity index (χ2n) is 4.27. The molecule has 0 bridgehead atoms. The highest BCUT2D eigenvalue weighted by atomic mass is 79.9. The first-order valence-electron chi connectivity index (χ1n) is 5.83. The van der Waals surface area contributed by atoms with Crippen LogP contribution in [-0.4, -0.2) is 28.7 Å². The predicted octanol–water partition coefficient (Wildman–Crippen LogP) is 4.29. The van der Waals surface area contributed by atoms with Crippen LogP contribution in [0, 0.1) is 0 Å². The largest absolute Gasteiger partial charge is 0.336 e. The number of rotatable bonds is 3. The highest BCUT2D eigenvalue weighted by Crippen LogP contribution is 2.26. The molecule has 0 N–H and O–H groups in total. The standard InChI is InChI=1S/C12H15Br2NOS/c13-5-4-10-3-1-2-6-15(10)12(16)9-7-11(14)17-8-9/h7-8,10H,1-6H2. The molecule has 0 saturated carbocycles. The van der Waals surface area contributed by atoms with Gasteiger partial charge in [0.25, 0.3) is 5.91 Å². The van der Waals surface area contributed by atoms with Crippen molar-refractivity contribution in [2.45, 2.75) is 31.7 Å². The number of piperidine rings is 1. The third-order valence-corrected chi connectivity index (χ3v) is 5.11. The van der Waals surface area contributed by atoms with E-state index in [2.05, 4.69) is 36.8 Å². The van der Waals surface area contributed by atoms with Crippen molar-refractivity contribution >= 4 is 49.1 Å². The van der Waals surface area contributed by atoms with Crippen molar-refractivity contribution in [3.63, 3.8) is 0 Å². The van der Waals surface area contributed by atoms with E-state index in [0.717, 1.165) is 40.5 Å². The van der Waals surface area contributed by atoms with Crippen LogP contribution in [0.1, 0.15) is 36.0 Å². The average Bonchev–Trinajstić information content (AvgIpc) is 2.76. The van der Waals surface area contributed by atoms with E-state index in [4.69, 9.17) is 0 Å². The number of amides is 1. The van der Waals surface area contributed by atoms with Gasteiger partial charge in [0.05, 0.1) is 9.35 Å². The van der Waals surface area contributed by atoms with Gasteiger partial charge < -0.3 is 4.90 Å². The van der Waals surface area contributed by atoms with Gasteiger partial charge in [0, 0.05) is 23.3 Å². The molecule has 5 heteroatoms. The molecule has 2 rings (SSSR count). The number of hydrogen-bond donors (Lipinski definition) is 0. The van der Waals surface area contributed by atoms with E-state index < -0.39 is 0 Å². The molecule has 1 unspecified atom stereocenters. The summed E-state index contributed by atoms with van der Waals surface area (Å²) in [6.07, 6.45) is 4.57. The van der Waals surface area contributed by atoms with E-state index in [9.17, 15) is 4.79 Å². The van der Waals surface area contributed by atoms with Crippen molar-refractivity contribution in [1.29, 1.82) is 0 Å². The van der Waals surface area contributed by atoms with Crippen LogP contribution in [0.15, 0.2) is 15.2 Å². The summed E-state index contributed by atoms with van der Waals surface area (Å²) in [5.41, 5.74) is 0.823. The molecule has 94 valence electrons. The van der Waals surface area contributed by atoms with Gasteiger partial charge in [-0.1, -0.05) is 15.9 Å². The molecule has 1 atom stereocenters. The first-order valence-corrected chi connectivity index (χ1v) is 8.62. The fourth-order valence-corrected chi connectivity index (χ4v) is 3.94. The topological polar surface area (TPSA) is 20.3 Å². The van der Waals surface area contributed by atoms with Crippen LogP contribution in [0.2, 0.25) is 0 Å². The van der Waals surface area contributed by atoms with E-state index in [1.807, 2.05) is 11.4 Å². The van der Waals surface area contributed by atoms with E-state index in [0.29, 0.717) is 6.04 Å². The summed E-state index contributed by atoms with van der Waals surface area (Å²) < 4.78 is 1.02. The fourth-order valence-electron chi connectivity index (χ4n) is 2.28. The molecular weight excluding hydrogens is 366 g/mol. The Bertz CT molecular complexity index is 392. The van der Waals surface area contributed by atoms with Crippen molar-refractivity contribution in [1.82, 2.24) is 4.90 Å². The number of alkyl halides is 1. The Hall–Kier alpha value is 0.130. The third-order valence-electron chi connectivity index (χ3n) is 3.14. The number of thiophene rings is 1. The summed E-state index contributed by atoms with van der Waals surface area (Å²) in [6, 6.07) is 2.33. The lowest BCUT2D eigenvalue weighted by Crippen LogP contribution is -2.43. The van der Waals surface area contributed by atoms with Crippen LogP contribution in [0.3, 0.4) is 0 Å². The summed E-state index contributed by atoms with van der Waals surface area (Å²) in [5.74, 6) is 0.192. The van der Waals surface area contributed by atoms with E-state index in [1.54, 1.807) is 11.3 Å². The number of carbonyl (C=O) groups excluding carboxylic acids is 1. The molecule has 0 aliphatic carbocycles. The molecule has 0 radical (unpaired) electrons. The molecule has 0 aromatic carbocycles. The zero-order valence-electron chi connectivity index (χ0n) is 9.49.